The second-order valence-corrected chi connectivity index (χ2v) is 23.3. The van der Waals surface area contributed by atoms with E-state index in [1.165, 1.54) is 44.5 Å². The first kappa shape index (κ1) is 45.7. The number of aromatic amines is 2. The van der Waals surface area contributed by atoms with Crippen LogP contribution in [0.5, 0.6) is 0 Å². The van der Waals surface area contributed by atoms with Crippen molar-refractivity contribution in [3.63, 3.8) is 0 Å². The maximum Gasteiger partial charge on any atom is 0.0857 e. The molecule has 2 aliphatic heterocycles. The second kappa shape index (κ2) is 18.1. The smallest absolute Gasteiger partial charge is 0.0857 e. The molecule has 378 valence electrons. The number of hydrogen-bond donors (Lipinski definition) is 2. The van der Waals surface area contributed by atoms with Gasteiger partial charge in [-0.1, -0.05) is 169 Å². The summed E-state index contributed by atoms with van der Waals surface area (Å²) < 4.78 is 0. The van der Waals surface area contributed by atoms with E-state index in [-0.39, 0.29) is 47.3 Å². The van der Waals surface area contributed by atoms with E-state index >= 15 is 0 Å². The molecule has 0 fully saturated rings. The number of aromatic nitrogens is 2. The van der Waals surface area contributed by atoms with Crippen molar-refractivity contribution in [1.82, 2.24) is 9.97 Å². The van der Waals surface area contributed by atoms with Gasteiger partial charge in [0.1, 0.15) is 0 Å². The van der Waals surface area contributed by atoms with Crippen molar-refractivity contribution >= 4 is 28.1 Å². The van der Waals surface area contributed by atoms with E-state index in [4.69, 9.17) is 9.98 Å². The second-order valence-electron chi connectivity index (χ2n) is 23.3. The summed E-state index contributed by atoms with van der Waals surface area (Å²) in [6, 6.07) is 41.9. The summed E-state index contributed by atoms with van der Waals surface area (Å²) in [6.07, 6.45) is 28.3. The third kappa shape index (κ3) is 7.09. The maximum atomic E-state index is 6.13. The summed E-state index contributed by atoms with van der Waals surface area (Å²) in [5.74, 6) is 32.3. The lowest BCUT2D eigenvalue weighted by Crippen LogP contribution is -2.28. The molecule has 0 saturated heterocycles. The summed E-state index contributed by atoms with van der Waals surface area (Å²) in [6.45, 7) is 0. The fourth-order valence-electron chi connectivity index (χ4n) is 15.4. The molecular weight excluding hydrogens is 969 g/mol. The van der Waals surface area contributed by atoms with Gasteiger partial charge in [-0.25, -0.2) is 9.98 Å². The summed E-state index contributed by atoms with van der Waals surface area (Å²) in [5.41, 5.74) is 24.2. The minimum Gasteiger partial charge on any atom is -0.353 e. The Hall–Kier alpha value is -9.32. The van der Waals surface area contributed by atoms with Gasteiger partial charge in [-0.15, -0.1) is 0 Å². The number of aliphatic imine (C=N–C) groups is 2. The Bertz CT molecular complexity index is 4500. The average Bonchev–Trinajstić information content (AvgIpc) is 4.53. The number of nitrogens with zero attached hydrogens (tertiary/aromatic N) is 2. The molecule has 0 unspecified atom stereocenters. The van der Waals surface area contributed by atoms with Crippen LogP contribution in [0.4, 0.5) is 0 Å². The normalized spacial score (nSPS) is 25.9. The molecule has 4 heterocycles. The molecule has 15 aliphatic rings. The molecule has 0 amide bonds. The average molecular weight is 1020 g/mol. The van der Waals surface area contributed by atoms with E-state index in [2.05, 4.69) is 227 Å². The van der Waals surface area contributed by atoms with Crippen LogP contribution in [0.25, 0.3) is 16.7 Å². The van der Waals surface area contributed by atoms with Crippen LogP contribution in [0.15, 0.2) is 219 Å². The third-order valence-electron chi connectivity index (χ3n) is 19.0. The van der Waals surface area contributed by atoms with E-state index < -0.39 is 0 Å². The zero-order chi connectivity index (χ0) is 52.4. The number of allylic oxidation sites excluding steroid dienone is 14. The van der Waals surface area contributed by atoms with Gasteiger partial charge in [0.15, 0.2) is 0 Å². The number of H-pyrrole nitrogens is 2. The highest BCUT2D eigenvalue weighted by molar-refractivity contribution is 6.35. The minimum absolute atomic E-state index is 0.179. The highest BCUT2D eigenvalue weighted by atomic mass is 14.9. The van der Waals surface area contributed by atoms with Gasteiger partial charge in [0, 0.05) is 69.6 Å². The molecule has 13 aliphatic carbocycles. The molecule has 2 aromatic heterocycles. The molecule has 0 radical (unpaired) electrons. The van der Waals surface area contributed by atoms with Crippen LogP contribution in [0.1, 0.15) is 131 Å². The van der Waals surface area contributed by atoms with Crippen LogP contribution in [0.3, 0.4) is 0 Å². The zero-order valence-corrected chi connectivity index (χ0v) is 44.3. The van der Waals surface area contributed by atoms with Gasteiger partial charge in [0.25, 0.3) is 0 Å². The van der Waals surface area contributed by atoms with E-state index in [1.807, 2.05) is 0 Å². The molecule has 0 spiro atoms. The molecule has 4 heteroatoms. The molecule has 16 bridgehead atoms. The number of fused-ring (bicyclic) bond motifs is 4. The van der Waals surface area contributed by atoms with Crippen molar-refractivity contribution < 1.29 is 0 Å². The Morgan fingerprint density at radius 3 is 1.02 bits per heavy atom. The number of hydrogen-bond acceptors (Lipinski definition) is 2. The number of nitrogens with one attached hydrogen (secondary N) is 2. The lowest BCUT2D eigenvalue weighted by atomic mass is 9.67. The van der Waals surface area contributed by atoms with E-state index in [0.717, 1.165) is 141 Å². The van der Waals surface area contributed by atoms with Gasteiger partial charge in [0.2, 0.25) is 0 Å². The highest BCUT2D eigenvalue weighted by Gasteiger charge is 2.47. The first-order chi connectivity index (χ1) is 39.7. The largest absolute Gasteiger partial charge is 0.353 e. The summed E-state index contributed by atoms with van der Waals surface area (Å²) >= 11 is 0. The van der Waals surface area contributed by atoms with Crippen molar-refractivity contribution in [3.05, 3.63) is 276 Å². The van der Waals surface area contributed by atoms with Gasteiger partial charge < -0.3 is 9.97 Å². The fourth-order valence-corrected chi connectivity index (χ4v) is 15.4. The van der Waals surface area contributed by atoms with Gasteiger partial charge in [-0.3, -0.25) is 0 Å². The monoisotopic (exact) mass is 1020 g/mol. The van der Waals surface area contributed by atoms with E-state index in [1.54, 1.807) is 0 Å². The molecule has 6 aromatic rings. The molecule has 80 heavy (non-hydrogen) atoms. The summed E-state index contributed by atoms with van der Waals surface area (Å²) in [7, 11) is 0. The van der Waals surface area contributed by atoms with E-state index in [0.29, 0.717) is 0 Å². The number of rotatable bonds is 0. The third-order valence-corrected chi connectivity index (χ3v) is 19.0. The van der Waals surface area contributed by atoms with Crippen LogP contribution in [0, 0.1) is 71.0 Å². The summed E-state index contributed by atoms with van der Waals surface area (Å²) in [5, 5.41) is 2.15. The Morgan fingerprint density at radius 1 is 0.287 bits per heavy atom. The molecular formula is C76H54N4. The van der Waals surface area contributed by atoms with Crippen LogP contribution in [-0.2, 0) is 0 Å². The highest BCUT2D eigenvalue weighted by Crippen LogP contribution is 2.56. The Morgan fingerprint density at radius 2 is 0.600 bits per heavy atom. The summed E-state index contributed by atoms with van der Waals surface area (Å²) in [4.78, 5) is 20.9. The van der Waals surface area contributed by atoms with Crippen molar-refractivity contribution in [1.29, 1.82) is 0 Å². The standard InChI is InChI=1S/C76H54N4/c1-5-13-45(14-6-1)21-41-57-69-61-49-25-29-51(30-26-49)63(61)71(77-69)58(42-22-46-15-7-2-8-16-46)73-65-53-33-37-55(38-34-53)67(65)75(79-73)60(44-24-48-19-11-4-12-20-48)76-68-56-39-35-54(36-40-56)66(68)74(80-76)59(43-23-47-17-9-3-10-18-47)72-64-52-31-27-50(28-32-52)62(64)70(57)78-72/h1-20,25,27,29,31,33,35,37,39,49-56,77-78H,26,28,30,32,34,36,38,40H2/t49-,50+,51+,52-,53-,54+,55+,56-. The minimum atomic E-state index is 0.179. The predicted octanol–water partition coefficient (Wildman–Crippen LogP) is 13.6. The first-order valence-corrected chi connectivity index (χ1v) is 29.1. The van der Waals surface area contributed by atoms with Crippen LogP contribution in [0.2, 0.25) is 0 Å². The molecule has 0 saturated carbocycles. The maximum absolute atomic E-state index is 6.13. The zero-order valence-electron chi connectivity index (χ0n) is 44.3. The number of benzene rings is 4. The van der Waals surface area contributed by atoms with Crippen molar-refractivity contribution in [2.24, 2.45) is 33.7 Å². The molecule has 8 atom stereocenters. The SMILES string of the molecule is C(#Cc1ccccc1)C1=C2N=C(C3=C2[C@@H]2C=C[C@H]3CC2)C(C#Cc2ccccc2)=c2[nH]c(c3c2[C@@H]2C=C[C@H]3CC2)=C(C#Cc2ccccc2)c2[nH]c(c3c2[C@@H]2C=C[C@H]3CC2)C(C#Cc2ccccc2)=C2N=C1C1=C2[C@@H]2C=C[C@H]1CC2. The Kier molecular flexibility index (Phi) is 10.3. The van der Waals surface area contributed by atoms with E-state index in [9.17, 15) is 0 Å². The van der Waals surface area contributed by atoms with Crippen LogP contribution in [-0.4, -0.2) is 21.4 Å². The Labute approximate surface area is 467 Å². The topological polar surface area (TPSA) is 56.3 Å². The lowest BCUT2D eigenvalue weighted by Gasteiger charge is -2.35. The molecule has 2 N–H and O–H groups in total. The Balaban J connectivity index is 1.09. The molecule has 4 nitrogen and oxygen atoms in total. The van der Waals surface area contributed by atoms with Gasteiger partial charge >= 0.3 is 0 Å². The quantitative estimate of drug-likeness (QED) is 0.113. The first-order valence-electron chi connectivity index (χ1n) is 29.1. The van der Waals surface area contributed by atoms with Gasteiger partial charge in [-0.05, 0) is 144 Å². The van der Waals surface area contributed by atoms with Gasteiger partial charge in [-0.2, -0.15) is 0 Å². The van der Waals surface area contributed by atoms with Crippen molar-refractivity contribution in [2.75, 3.05) is 0 Å². The molecule has 4 aromatic carbocycles. The van der Waals surface area contributed by atoms with Crippen LogP contribution < -0.4 is 10.7 Å². The van der Waals surface area contributed by atoms with Gasteiger partial charge in [0.05, 0.1) is 67.2 Å². The van der Waals surface area contributed by atoms with Crippen molar-refractivity contribution in [2.45, 2.75) is 75.0 Å². The lowest BCUT2D eigenvalue weighted by molar-refractivity contribution is 0.500. The predicted molar refractivity (Wildman–Crippen MR) is 321 cm³/mol. The van der Waals surface area contributed by atoms with Crippen molar-refractivity contribution in [3.8, 4) is 47.4 Å². The fraction of sp³-hybridized carbons (Fsp3) is 0.211. The molecule has 21 rings (SSSR count). The van der Waals surface area contributed by atoms with Crippen LogP contribution >= 0.6 is 0 Å².